The number of amides is 3. The van der Waals surface area contributed by atoms with Gasteiger partial charge < -0.3 is 24.6 Å². The molecule has 0 saturated carbocycles. The van der Waals surface area contributed by atoms with Crippen molar-refractivity contribution in [2.24, 2.45) is 5.92 Å². The molecule has 0 aliphatic carbocycles. The molecular weight excluding hydrogens is 438 g/mol. The van der Waals surface area contributed by atoms with Crippen LogP contribution >= 0.6 is 11.3 Å². The summed E-state index contributed by atoms with van der Waals surface area (Å²) < 4.78 is 11.5. The Balaban J connectivity index is 1.78. The summed E-state index contributed by atoms with van der Waals surface area (Å²) >= 11 is 1.71. The van der Waals surface area contributed by atoms with E-state index < -0.39 is 0 Å². The minimum absolute atomic E-state index is 0.00705. The molecule has 1 aromatic heterocycles. The summed E-state index contributed by atoms with van der Waals surface area (Å²) in [6.07, 6.45) is 0.812. The van der Waals surface area contributed by atoms with Crippen molar-refractivity contribution in [3.63, 3.8) is 0 Å². The van der Waals surface area contributed by atoms with E-state index in [1.54, 1.807) is 23.3 Å². The second kappa shape index (κ2) is 11.4. The minimum Gasteiger partial charge on any atom is -0.493 e. The van der Waals surface area contributed by atoms with Crippen molar-refractivity contribution < 1.29 is 19.1 Å². The van der Waals surface area contributed by atoms with Gasteiger partial charge in [-0.3, -0.25) is 4.79 Å². The number of fused-ring (bicyclic) bond motifs is 1. The lowest BCUT2D eigenvalue weighted by molar-refractivity contribution is -0.135. The van der Waals surface area contributed by atoms with Crippen LogP contribution in [0.25, 0.3) is 0 Å². The largest absolute Gasteiger partial charge is 0.493 e. The zero-order chi connectivity index (χ0) is 24.0. The van der Waals surface area contributed by atoms with Gasteiger partial charge in [0, 0.05) is 24.0 Å². The number of carbonyl (C=O) groups is 2. The number of nitrogens with zero attached hydrogens (tertiary/aromatic N) is 2. The molecule has 1 atom stereocenters. The van der Waals surface area contributed by atoms with Crippen molar-refractivity contribution in [2.45, 2.75) is 46.2 Å². The molecule has 0 bridgehead atoms. The second-order valence-electron chi connectivity index (χ2n) is 8.99. The van der Waals surface area contributed by atoms with Crippen molar-refractivity contribution >= 4 is 23.3 Å². The summed E-state index contributed by atoms with van der Waals surface area (Å²) in [5.74, 6) is 1.49. The third-order valence-corrected chi connectivity index (χ3v) is 6.49. The van der Waals surface area contributed by atoms with Gasteiger partial charge in [-0.15, -0.1) is 11.3 Å². The Morgan fingerprint density at radius 3 is 2.58 bits per heavy atom. The van der Waals surface area contributed by atoms with Crippen LogP contribution in [0.5, 0.6) is 11.5 Å². The average molecular weight is 474 g/mol. The molecule has 3 rings (SSSR count). The number of methoxy groups -OCH3 is 1. The van der Waals surface area contributed by atoms with E-state index in [4.69, 9.17) is 9.47 Å². The molecule has 3 amide bonds. The molecule has 2 aromatic rings. The van der Waals surface area contributed by atoms with Gasteiger partial charge in [0.2, 0.25) is 5.91 Å². The third kappa shape index (κ3) is 6.41. The molecule has 1 aromatic carbocycles. The van der Waals surface area contributed by atoms with Crippen LogP contribution in [-0.2, 0) is 11.2 Å². The van der Waals surface area contributed by atoms with Crippen LogP contribution in [0.2, 0.25) is 0 Å². The lowest BCUT2D eigenvalue weighted by Crippen LogP contribution is -2.51. The topological polar surface area (TPSA) is 71.1 Å². The van der Waals surface area contributed by atoms with Crippen LogP contribution in [-0.4, -0.2) is 61.1 Å². The Kier molecular flexibility index (Phi) is 8.61. The Bertz CT molecular complexity index is 943. The highest BCUT2D eigenvalue weighted by Gasteiger charge is 2.33. The number of rotatable bonds is 9. The van der Waals surface area contributed by atoms with Gasteiger partial charge in [0.1, 0.15) is 13.2 Å². The second-order valence-corrected chi connectivity index (χ2v) is 9.99. The molecule has 1 aliphatic heterocycles. The van der Waals surface area contributed by atoms with Crippen molar-refractivity contribution in [3.05, 3.63) is 46.2 Å². The van der Waals surface area contributed by atoms with Crippen molar-refractivity contribution in [1.29, 1.82) is 0 Å². The van der Waals surface area contributed by atoms with E-state index in [0.29, 0.717) is 31.2 Å². The quantitative estimate of drug-likeness (QED) is 0.588. The molecule has 2 heterocycles. The Morgan fingerprint density at radius 1 is 1.18 bits per heavy atom. The Hall–Kier alpha value is -2.74. The first-order valence-corrected chi connectivity index (χ1v) is 12.3. The Labute approximate surface area is 200 Å². The monoisotopic (exact) mass is 473 g/mol. The molecule has 7 nitrogen and oxygen atoms in total. The van der Waals surface area contributed by atoms with Gasteiger partial charge >= 0.3 is 6.03 Å². The van der Waals surface area contributed by atoms with Gasteiger partial charge in [-0.2, -0.15) is 0 Å². The lowest BCUT2D eigenvalue weighted by Gasteiger charge is -2.37. The fourth-order valence-corrected chi connectivity index (χ4v) is 4.96. The molecule has 1 aliphatic rings. The number of para-hydroxylation sites is 2. The highest BCUT2D eigenvalue weighted by Crippen LogP contribution is 2.35. The molecule has 0 spiro atoms. The highest BCUT2D eigenvalue weighted by molar-refractivity contribution is 7.10. The van der Waals surface area contributed by atoms with Crippen LogP contribution in [0, 0.1) is 5.92 Å². The molecule has 0 unspecified atom stereocenters. The van der Waals surface area contributed by atoms with Crippen LogP contribution in [0.4, 0.5) is 4.79 Å². The number of urea groups is 1. The normalized spacial score (nSPS) is 15.4. The molecule has 1 N–H and O–H groups in total. The Morgan fingerprint density at radius 2 is 1.91 bits per heavy atom. The van der Waals surface area contributed by atoms with E-state index in [2.05, 4.69) is 16.8 Å². The SMILES string of the molecule is COc1ccccc1OC[C@@H]1c2ccsc2CCN1C(=O)CN(CC(C)C)C(=O)NC(C)C. The predicted octanol–water partition coefficient (Wildman–Crippen LogP) is 4.34. The number of benzene rings is 1. The summed E-state index contributed by atoms with van der Waals surface area (Å²) in [6.45, 7) is 9.41. The fraction of sp³-hybridized carbons (Fsp3) is 0.520. The highest BCUT2D eigenvalue weighted by atomic mass is 32.1. The third-order valence-electron chi connectivity index (χ3n) is 5.49. The van der Waals surface area contributed by atoms with E-state index in [0.717, 1.165) is 12.0 Å². The van der Waals surface area contributed by atoms with Gasteiger partial charge in [0.15, 0.2) is 11.5 Å². The smallest absolute Gasteiger partial charge is 0.318 e. The number of nitrogens with one attached hydrogen (secondary N) is 1. The standard InChI is InChI=1S/C25H35N3O4S/c1-17(2)14-27(25(30)26-18(3)4)15-24(29)28-12-10-23-19(11-13-33-23)20(28)16-32-22-9-7-6-8-21(22)31-5/h6-9,11,13,17-18,20H,10,12,14-16H2,1-5H3,(H,26,30)/t20-/m1/s1. The van der Waals surface area contributed by atoms with Crippen LogP contribution in [0.15, 0.2) is 35.7 Å². The van der Waals surface area contributed by atoms with Gasteiger partial charge in [0.05, 0.1) is 13.2 Å². The maximum Gasteiger partial charge on any atom is 0.318 e. The zero-order valence-electron chi connectivity index (χ0n) is 20.2. The lowest BCUT2D eigenvalue weighted by atomic mass is 10.0. The van der Waals surface area contributed by atoms with Gasteiger partial charge in [-0.1, -0.05) is 26.0 Å². The van der Waals surface area contributed by atoms with Crippen LogP contribution in [0.1, 0.15) is 44.2 Å². The number of hydrogen-bond acceptors (Lipinski definition) is 5. The van der Waals surface area contributed by atoms with Crippen LogP contribution in [0.3, 0.4) is 0 Å². The van der Waals surface area contributed by atoms with E-state index in [-0.39, 0.29) is 36.5 Å². The molecule has 33 heavy (non-hydrogen) atoms. The summed E-state index contributed by atoms with van der Waals surface area (Å²) in [5, 5.41) is 4.98. The van der Waals surface area contributed by atoms with Gasteiger partial charge in [-0.25, -0.2) is 4.79 Å². The number of carbonyl (C=O) groups excluding carboxylic acids is 2. The molecule has 8 heteroatoms. The first-order valence-electron chi connectivity index (χ1n) is 11.5. The first kappa shape index (κ1) is 24.9. The molecule has 0 radical (unpaired) electrons. The van der Waals surface area contributed by atoms with Crippen molar-refractivity contribution in [3.8, 4) is 11.5 Å². The molecule has 180 valence electrons. The van der Waals surface area contributed by atoms with E-state index in [1.165, 1.54) is 4.88 Å². The first-order chi connectivity index (χ1) is 15.8. The maximum absolute atomic E-state index is 13.5. The van der Waals surface area contributed by atoms with Gasteiger partial charge in [-0.05, 0) is 55.3 Å². The summed E-state index contributed by atoms with van der Waals surface area (Å²) in [5.41, 5.74) is 1.12. The number of ether oxygens (including phenoxy) is 2. The zero-order valence-corrected chi connectivity index (χ0v) is 21.0. The summed E-state index contributed by atoms with van der Waals surface area (Å²) in [6, 6.07) is 9.17. The molecule has 0 fully saturated rings. The average Bonchev–Trinajstić information content (AvgIpc) is 3.25. The minimum atomic E-state index is -0.216. The van der Waals surface area contributed by atoms with E-state index >= 15 is 0 Å². The van der Waals surface area contributed by atoms with Gasteiger partial charge in [0.25, 0.3) is 0 Å². The predicted molar refractivity (Wildman–Crippen MR) is 131 cm³/mol. The summed E-state index contributed by atoms with van der Waals surface area (Å²) in [7, 11) is 1.61. The van der Waals surface area contributed by atoms with Crippen molar-refractivity contribution in [1.82, 2.24) is 15.1 Å². The number of thiophene rings is 1. The summed E-state index contributed by atoms with van der Waals surface area (Å²) in [4.78, 5) is 31.0. The van der Waals surface area contributed by atoms with Crippen LogP contribution < -0.4 is 14.8 Å². The maximum atomic E-state index is 13.5. The molecular formula is C25H35N3O4S. The molecule has 0 saturated heterocycles. The van der Waals surface area contributed by atoms with E-state index in [1.807, 2.05) is 56.9 Å². The fourth-order valence-electron chi connectivity index (χ4n) is 4.03. The number of hydrogen-bond donors (Lipinski definition) is 1. The van der Waals surface area contributed by atoms with Crippen molar-refractivity contribution in [2.75, 3.05) is 33.4 Å². The van der Waals surface area contributed by atoms with E-state index in [9.17, 15) is 9.59 Å².